The van der Waals surface area contributed by atoms with Crippen LogP contribution >= 0.6 is 0 Å². The number of hydrogen-bond donors (Lipinski definition) is 1. The highest BCUT2D eigenvalue weighted by Gasteiger charge is 2.25. The predicted molar refractivity (Wildman–Crippen MR) is 49.6 cm³/mol. The average molecular weight is 158 g/mol. The Morgan fingerprint density at radius 2 is 1.82 bits per heavy atom. The minimum atomic E-state index is -0.440. The summed E-state index contributed by atoms with van der Waals surface area (Å²) in [5.74, 6) is 0.437. The normalized spacial score (nSPS) is 19.4. The van der Waals surface area contributed by atoms with E-state index in [-0.39, 0.29) is 0 Å². The Labute approximate surface area is 70.8 Å². The lowest BCUT2D eigenvalue weighted by Gasteiger charge is -2.29. The van der Waals surface area contributed by atoms with E-state index in [2.05, 4.69) is 20.8 Å². The molecule has 0 spiro atoms. The molecule has 2 unspecified atom stereocenters. The van der Waals surface area contributed by atoms with Gasteiger partial charge in [-0.05, 0) is 25.7 Å². The maximum absolute atomic E-state index is 9.91. The molecule has 0 rings (SSSR count). The Morgan fingerprint density at radius 1 is 1.27 bits per heavy atom. The van der Waals surface area contributed by atoms with Crippen LogP contribution in [0.5, 0.6) is 0 Å². The summed E-state index contributed by atoms with van der Waals surface area (Å²) in [6, 6.07) is 0. The zero-order valence-electron chi connectivity index (χ0n) is 8.35. The zero-order valence-corrected chi connectivity index (χ0v) is 8.35. The fraction of sp³-hybridized carbons (Fsp3) is 1.00. The lowest BCUT2D eigenvalue weighted by atomic mass is 9.84. The topological polar surface area (TPSA) is 20.2 Å². The van der Waals surface area contributed by atoms with Gasteiger partial charge in [0.1, 0.15) is 0 Å². The average Bonchev–Trinajstić information content (AvgIpc) is 1.88. The van der Waals surface area contributed by atoms with Crippen LogP contribution in [0.4, 0.5) is 0 Å². The molecule has 0 amide bonds. The molecular weight excluding hydrogens is 136 g/mol. The summed E-state index contributed by atoms with van der Waals surface area (Å²) in [6.45, 7) is 8.38. The lowest BCUT2D eigenvalue weighted by molar-refractivity contribution is -0.00579. The minimum absolute atomic E-state index is 0.437. The van der Waals surface area contributed by atoms with Gasteiger partial charge in [-0.25, -0.2) is 0 Å². The number of aliphatic hydroxyl groups is 1. The van der Waals surface area contributed by atoms with Crippen LogP contribution in [0, 0.1) is 5.92 Å². The van der Waals surface area contributed by atoms with Gasteiger partial charge in [-0.2, -0.15) is 0 Å². The molecule has 0 saturated carbocycles. The van der Waals surface area contributed by atoms with E-state index >= 15 is 0 Å². The van der Waals surface area contributed by atoms with Crippen LogP contribution in [0.25, 0.3) is 0 Å². The molecule has 0 aliphatic carbocycles. The third-order valence-electron chi connectivity index (χ3n) is 2.54. The molecule has 1 heteroatoms. The third-order valence-corrected chi connectivity index (χ3v) is 2.54. The number of hydrogen-bond acceptors (Lipinski definition) is 1. The first-order chi connectivity index (χ1) is 5.04. The van der Waals surface area contributed by atoms with E-state index in [9.17, 15) is 5.11 Å². The Bertz CT molecular complexity index is 97.0. The fourth-order valence-corrected chi connectivity index (χ4v) is 1.50. The summed E-state index contributed by atoms with van der Waals surface area (Å²) in [5, 5.41) is 9.91. The van der Waals surface area contributed by atoms with Crippen molar-refractivity contribution in [3.05, 3.63) is 0 Å². The highest BCUT2D eigenvalue weighted by molar-refractivity contribution is 4.77. The van der Waals surface area contributed by atoms with Crippen LogP contribution in [-0.2, 0) is 0 Å². The first kappa shape index (κ1) is 11.0. The molecule has 0 fully saturated rings. The van der Waals surface area contributed by atoms with Crippen molar-refractivity contribution in [2.24, 2.45) is 5.92 Å². The third kappa shape index (κ3) is 3.76. The van der Waals surface area contributed by atoms with Crippen LogP contribution in [-0.4, -0.2) is 10.7 Å². The van der Waals surface area contributed by atoms with E-state index in [1.807, 2.05) is 6.92 Å². The molecule has 0 aliphatic rings. The first-order valence-corrected chi connectivity index (χ1v) is 4.77. The summed E-state index contributed by atoms with van der Waals surface area (Å²) in [6.07, 6.45) is 4.29. The van der Waals surface area contributed by atoms with Crippen LogP contribution in [0.3, 0.4) is 0 Å². The molecule has 0 aromatic rings. The Balaban J connectivity index is 3.83. The standard InChI is InChI=1S/C10H22O/c1-5-7-9(3)10(4,11)8-6-2/h9,11H,5-8H2,1-4H3. The van der Waals surface area contributed by atoms with E-state index in [1.54, 1.807) is 0 Å². The Kier molecular flexibility index (Phi) is 4.74. The van der Waals surface area contributed by atoms with Crippen molar-refractivity contribution in [3.63, 3.8) is 0 Å². The van der Waals surface area contributed by atoms with Crippen molar-refractivity contribution in [1.29, 1.82) is 0 Å². The quantitative estimate of drug-likeness (QED) is 0.652. The second-order valence-electron chi connectivity index (χ2n) is 3.80. The molecule has 1 nitrogen and oxygen atoms in total. The SMILES string of the molecule is CCCC(C)C(C)(O)CCC. The molecule has 0 aromatic heterocycles. The van der Waals surface area contributed by atoms with Crippen LogP contribution in [0.2, 0.25) is 0 Å². The molecule has 0 heterocycles. The van der Waals surface area contributed by atoms with Gasteiger partial charge in [0.15, 0.2) is 0 Å². The molecule has 0 saturated heterocycles. The predicted octanol–water partition coefficient (Wildman–Crippen LogP) is 2.97. The molecule has 1 N–H and O–H groups in total. The summed E-state index contributed by atoms with van der Waals surface area (Å²) < 4.78 is 0. The first-order valence-electron chi connectivity index (χ1n) is 4.77. The maximum atomic E-state index is 9.91. The summed E-state index contributed by atoms with van der Waals surface area (Å²) in [5.41, 5.74) is -0.440. The van der Waals surface area contributed by atoms with E-state index in [0.29, 0.717) is 5.92 Å². The molecular formula is C10H22O. The monoisotopic (exact) mass is 158 g/mol. The minimum Gasteiger partial charge on any atom is -0.390 e. The fourth-order valence-electron chi connectivity index (χ4n) is 1.50. The highest BCUT2D eigenvalue weighted by Crippen LogP contribution is 2.25. The molecule has 0 aromatic carbocycles. The van der Waals surface area contributed by atoms with Gasteiger partial charge in [0, 0.05) is 0 Å². The maximum Gasteiger partial charge on any atom is 0.0645 e. The summed E-state index contributed by atoms with van der Waals surface area (Å²) in [7, 11) is 0. The molecule has 2 atom stereocenters. The van der Waals surface area contributed by atoms with Crippen molar-refractivity contribution >= 4 is 0 Å². The van der Waals surface area contributed by atoms with Gasteiger partial charge in [0.05, 0.1) is 5.60 Å². The number of rotatable bonds is 5. The lowest BCUT2D eigenvalue weighted by Crippen LogP contribution is -2.32. The second kappa shape index (κ2) is 4.76. The van der Waals surface area contributed by atoms with Gasteiger partial charge >= 0.3 is 0 Å². The van der Waals surface area contributed by atoms with Gasteiger partial charge in [0.2, 0.25) is 0 Å². The van der Waals surface area contributed by atoms with E-state index < -0.39 is 5.60 Å². The van der Waals surface area contributed by atoms with Crippen molar-refractivity contribution in [2.75, 3.05) is 0 Å². The zero-order chi connectivity index (χ0) is 8.91. The summed E-state index contributed by atoms with van der Waals surface area (Å²) >= 11 is 0. The van der Waals surface area contributed by atoms with Crippen LogP contribution in [0.1, 0.15) is 53.4 Å². The van der Waals surface area contributed by atoms with Gasteiger partial charge < -0.3 is 5.11 Å². The molecule has 0 radical (unpaired) electrons. The van der Waals surface area contributed by atoms with Crippen LogP contribution < -0.4 is 0 Å². The van der Waals surface area contributed by atoms with Gasteiger partial charge in [-0.3, -0.25) is 0 Å². The van der Waals surface area contributed by atoms with Crippen molar-refractivity contribution in [3.8, 4) is 0 Å². The van der Waals surface area contributed by atoms with Gasteiger partial charge in [-0.15, -0.1) is 0 Å². The highest BCUT2D eigenvalue weighted by atomic mass is 16.3. The van der Waals surface area contributed by atoms with Gasteiger partial charge in [-0.1, -0.05) is 33.6 Å². The smallest absolute Gasteiger partial charge is 0.0645 e. The summed E-state index contributed by atoms with van der Waals surface area (Å²) in [4.78, 5) is 0. The Hall–Kier alpha value is -0.0400. The van der Waals surface area contributed by atoms with Crippen molar-refractivity contribution < 1.29 is 5.11 Å². The van der Waals surface area contributed by atoms with Crippen molar-refractivity contribution in [1.82, 2.24) is 0 Å². The van der Waals surface area contributed by atoms with E-state index in [4.69, 9.17) is 0 Å². The largest absolute Gasteiger partial charge is 0.390 e. The molecule has 68 valence electrons. The van der Waals surface area contributed by atoms with Crippen molar-refractivity contribution in [2.45, 2.75) is 59.0 Å². The Morgan fingerprint density at radius 3 is 2.18 bits per heavy atom. The molecule has 11 heavy (non-hydrogen) atoms. The van der Waals surface area contributed by atoms with Gasteiger partial charge in [0.25, 0.3) is 0 Å². The van der Waals surface area contributed by atoms with E-state index in [0.717, 1.165) is 19.3 Å². The second-order valence-corrected chi connectivity index (χ2v) is 3.80. The van der Waals surface area contributed by atoms with E-state index in [1.165, 1.54) is 6.42 Å². The molecule has 0 bridgehead atoms. The van der Waals surface area contributed by atoms with Crippen LogP contribution in [0.15, 0.2) is 0 Å². The molecule has 0 aliphatic heterocycles.